The van der Waals surface area contributed by atoms with Gasteiger partial charge in [0, 0.05) is 0 Å². The van der Waals surface area contributed by atoms with Gasteiger partial charge in [-0.2, -0.15) is 0 Å². The first-order valence-corrected chi connectivity index (χ1v) is 5.96. The molecule has 106 valence electrons. The molecule has 0 bridgehead atoms. The van der Waals surface area contributed by atoms with E-state index in [0.29, 0.717) is 0 Å². The molecule has 0 aliphatic rings. The molecule has 1 rings (SSSR count). The molecule has 0 aliphatic heterocycles. The predicted octanol–water partition coefficient (Wildman–Crippen LogP) is 6.27. The third-order valence-corrected chi connectivity index (χ3v) is 1.76. The number of benzene rings is 1. The van der Waals surface area contributed by atoms with Crippen LogP contribution in [0.4, 0.5) is 0 Å². The van der Waals surface area contributed by atoms with Crippen LogP contribution in [0.2, 0.25) is 0 Å². The van der Waals surface area contributed by atoms with E-state index in [1.54, 1.807) is 0 Å². The minimum atomic E-state index is 0. The van der Waals surface area contributed by atoms with Crippen LogP contribution in [0.1, 0.15) is 45.7 Å². The van der Waals surface area contributed by atoms with Crippen molar-refractivity contribution in [3.8, 4) is 0 Å². The topological polar surface area (TPSA) is 35.0 Å². The van der Waals surface area contributed by atoms with E-state index in [-0.39, 0.29) is 13.6 Å². The molecule has 0 unspecified atom stereocenters. The van der Waals surface area contributed by atoms with Crippen LogP contribution in [0.5, 0.6) is 0 Å². The highest BCUT2D eigenvalue weighted by molar-refractivity contribution is 5.19. The second kappa shape index (κ2) is 21.0. The summed E-state index contributed by atoms with van der Waals surface area (Å²) in [7, 11) is 0. The van der Waals surface area contributed by atoms with Gasteiger partial charge >= 0.3 is 0 Å². The van der Waals surface area contributed by atoms with Gasteiger partial charge in [0.05, 0.1) is 0 Å². The maximum atomic E-state index is 3.55. The van der Waals surface area contributed by atoms with E-state index in [1.807, 2.05) is 32.9 Å². The highest BCUT2D eigenvalue weighted by atomic mass is 14.0. The van der Waals surface area contributed by atoms with Gasteiger partial charge in [-0.05, 0) is 27.2 Å². The molecular formula is C17H33N. The van der Waals surface area contributed by atoms with Crippen molar-refractivity contribution in [3.63, 3.8) is 0 Å². The van der Waals surface area contributed by atoms with Crippen molar-refractivity contribution in [1.82, 2.24) is 6.15 Å². The molecule has 0 aromatic heterocycles. The molecule has 0 aliphatic carbocycles. The average molecular weight is 251 g/mol. The second-order valence-corrected chi connectivity index (χ2v) is 3.25. The van der Waals surface area contributed by atoms with Crippen molar-refractivity contribution in [2.45, 2.75) is 48.5 Å². The molecule has 18 heavy (non-hydrogen) atoms. The highest BCUT2D eigenvalue weighted by Crippen LogP contribution is 1.99. The van der Waals surface area contributed by atoms with Gasteiger partial charge in [-0.3, -0.25) is 0 Å². The molecule has 0 heterocycles. The Morgan fingerprint density at radius 3 is 1.50 bits per heavy atom. The summed E-state index contributed by atoms with van der Waals surface area (Å²) in [5.74, 6) is 0. The summed E-state index contributed by atoms with van der Waals surface area (Å²) >= 11 is 0. The molecule has 0 fully saturated rings. The van der Waals surface area contributed by atoms with E-state index < -0.39 is 0 Å². The van der Waals surface area contributed by atoms with E-state index in [0.717, 1.165) is 6.42 Å². The van der Waals surface area contributed by atoms with Crippen molar-refractivity contribution >= 4 is 0 Å². The van der Waals surface area contributed by atoms with Gasteiger partial charge in [-0.25, -0.2) is 0 Å². The molecule has 1 nitrogen and oxygen atoms in total. The maximum Gasteiger partial charge on any atom is -0.0172 e. The zero-order valence-corrected chi connectivity index (χ0v) is 12.2. The Hall–Kier alpha value is -1.34. The molecule has 1 aromatic carbocycles. The Morgan fingerprint density at radius 2 is 1.33 bits per heavy atom. The first-order valence-electron chi connectivity index (χ1n) is 5.96. The minimum Gasteiger partial charge on any atom is -0.344 e. The number of rotatable bonds is 2. The van der Waals surface area contributed by atoms with Gasteiger partial charge in [-0.15, -0.1) is 6.58 Å². The summed E-state index contributed by atoms with van der Waals surface area (Å²) in [4.78, 5) is 0. The Balaban J connectivity index is -0.0000000895. The lowest BCUT2D eigenvalue weighted by Crippen LogP contribution is -1.70. The Labute approximate surface area is 115 Å². The third-order valence-electron chi connectivity index (χ3n) is 1.76. The van der Waals surface area contributed by atoms with Gasteiger partial charge < -0.3 is 6.15 Å². The molecule has 0 atom stereocenters. The van der Waals surface area contributed by atoms with E-state index in [2.05, 4.69) is 50.8 Å². The summed E-state index contributed by atoms with van der Waals surface area (Å²) in [5.41, 5.74) is 2.66. The Bertz CT molecular complexity index is 249. The van der Waals surface area contributed by atoms with E-state index in [1.165, 1.54) is 11.1 Å². The lowest BCUT2D eigenvalue weighted by atomic mass is 10.2. The molecule has 0 radical (unpaired) electrons. The van der Waals surface area contributed by atoms with Crippen LogP contribution in [-0.4, -0.2) is 0 Å². The Kier molecular flexibility index (Phi) is 29.7. The van der Waals surface area contributed by atoms with Crippen LogP contribution >= 0.6 is 0 Å². The fraction of sp³-hybridized carbons (Fsp3) is 0.412. The largest absolute Gasteiger partial charge is 0.344 e. The molecule has 1 heteroatoms. The number of allylic oxidation sites excluding steroid dienone is 3. The van der Waals surface area contributed by atoms with Crippen LogP contribution in [0, 0.1) is 13.8 Å². The standard InChI is InChI=1S/C8H10.C6H10.C2H6.CH4.H3N/c1-7-3-5-8(2)6-4-7;1-3-5-6-4-2;1-2;;/h3-6H,1-2H3;3-4,6H,1,5H2,2H3;1-2H3;1H4;1H3. The van der Waals surface area contributed by atoms with Gasteiger partial charge in [0.25, 0.3) is 0 Å². The quantitative estimate of drug-likeness (QED) is 0.618. The van der Waals surface area contributed by atoms with Crippen molar-refractivity contribution < 1.29 is 0 Å². The van der Waals surface area contributed by atoms with Gasteiger partial charge in [0.1, 0.15) is 0 Å². The summed E-state index contributed by atoms with van der Waals surface area (Å²) in [6.45, 7) is 13.7. The smallest absolute Gasteiger partial charge is 0.0172 e. The summed E-state index contributed by atoms with van der Waals surface area (Å²) < 4.78 is 0. The van der Waals surface area contributed by atoms with Gasteiger partial charge in [0.2, 0.25) is 0 Å². The molecule has 3 N–H and O–H groups in total. The first kappa shape index (κ1) is 25.5. The van der Waals surface area contributed by atoms with Crippen LogP contribution in [-0.2, 0) is 0 Å². The lowest BCUT2D eigenvalue weighted by molar-refractivity contribution is 1.39. The van der Waals surface area contributed by atoms with E-state index >= 15 is 0 Å². The third kappa shape index (κ3) is 20.1. The van der Waals surface area contributed by atoms with Crippen LogP contribution in [0.15, 0.2) is 49.1 Å². The summed E-state index contributed by atoms with van der Waals surface area (Å²) in [6.07, 6.45) is 6.95. The van der Waals surface area contributed by atoms with Crippen molar-refractivity contribution in [2.24, 2.45) is 0 Å². The fourth-order valence-electron chi connectivity index (χ4n) is 0.869. The fourth-order valence-corrected chi connectivity index (χ4v) is 0.869. The SMILES string of the molecule is C.C=CCC=CC.CC.Cc1ccc(C)cc1.N. The minimum absolute atomic E-state index is 0. The maximum absolute atomic E-state index is 3.55. The van der Waals surface area contributed by atoms with E-state index in [4.69, 9.17) is 0 Å². The number of hydrogen-bond donors (Lipinski definition) is 1. The average Bonchev–Trinajstić information content (AvgIpc) is 2.34. The molecular weight excluding hydrogens is 218 g/mol. The number of hydrogen-bond acceptors (Lipinski definition) is 1. The monoisotopic (exact) mass is 251 g/mol. The zero-order valence-electron chi connectivity index (χ0n) is 12.2. The molecule has 0 amide bonds. The zero-order chi connectivity index (χ0) is 12.8. The van der Waals surface area contributed by atoms with Crippen LogP contribution in [0.25, 0.3) is 0 Å². The van der Waals surface area contributed by atoms with Crippen LogP contribution < -0.4 is 6.15 Å². The number of aryl methyl sites for hydroxylation is 2. The van der Waals surface area contributed by atoms with Gasteiger partial charge in [0.15, 0.2) is 0 Å². The van der Waals surface area contributed by atoms with Crippen LogP contribution in [0.3, 0.4) is 0 Å². The lowest BCUT2D eigenvalue weighted by Gasteiger charge is -1.90. The van der Waals surface area contributed by atoms with Crippen molar-refractivity contribution in [2.75, 3.05) is 0 Å². The molecule has 1 aromatic rings. The van der Waals surface area contributed by atoms with Crippen molar-refractivity contribution in [3.05, 3.63) is 60.2 Å². The highest BCUT2D eigenvalue weighted by Gasteiger charge is 1.79. The van der Waals surface area contributed by atoms with E-state index in [9.17, 15) is 0 Å². The molecule has 0 saturated carbocycles. The predicted molar refractivity (Wildman–Crippen MR) is 88.6 cm³/mol. The second-order valence-electron chi connectivity index (χ2n) is 3.25. The van der Waals surface area contributed by atoms with Crippen molar-refractivity contribution in [1.29, 1.82) is 0 Å². The normalized spacial score (nSPS) is 7.61. The summed E-state index contributed by atoms with van der Waals surface area (Å²) in [5, 5.41) is 0. The summed E-state index contributed by atoms with van der Waals surface area (Å²) in [6, 6.07) is 8.48. The Morgan fingerprint density at radius 1 is 1.00 bits per heavy atom. The van der Waals surface area contributed by atoms with Gasteiger partial charge in [-0.1, -0.05) is 74.9 Å². The molecule has 0 saturated heterocycles. The molecule has 0 spiro atoms. The first-order chi connectivity index (χ1) is 7.70.